The SMILES string of the molecule is CC(C)(C)NC(=O)CC1C(N)=NC(=O)N1CC1CC1. The van der Waals surface area contributed by atoms with Gasteiger partial charge in [0.05, 0.1) is 12.5 Å². The molecule has 3 N–H and O–H groups in total. The Morgan fingerprint density at radius 2 is 2.11 bits per heavy atom. The summed E-state index contributed by atoms with van der Waals surface area (Å²) in [5.74, 6) is 0.707. The lowest BCUT2D eigenvalue weighted by Gasteiger charge is -2.26. The number of aliphatic imine (C=N–C) groups is 1. The molecule has 1 unspecified atom stereocenters. The van der Waals surface area contributed by atoms with Gasteiger partial charge >= 0.3 is 6.03 Å². The third-order valence-electron chi connectivity index (χ3n) is 3.23. The van der Waals surface area contributed by atoms with Crippen molar-refractivity contribution in [3.05, 3.63) is 0 Å². The van der Waals surface area contributed by atoms with Crippen molar-refractivity contribution in [2.24, 2.45) is 16.6 Å². The van der Waals surface area contributed by atoms with E-state index in [4.69, 9.17) is 5.73 Å². The summed E-state index contributed by atoms with van der Waals surface area (Å²) < 4.78 is 0. The number of carbonyl (C=O) groups excluding carboxylic acids is 2. The van der Waals surface area contributed by atoms with Gasteiger partial charge in [-0.15, -0.1) is 0 Å². The second-order valence-electron chi connectivity index (χ2n) is 6.43. The van der Waals surface area contributed by atoms with Crippen LogP contribution in [0.2, 0.25) is 0 Å². The molecule has 1 atom stereocenters. The van der Waals surface area contributed by atoms with Crippen molar-refractivity contribution >= 4 is 17.8 Å². The predicted octanol–water partition coefficient (Wildman–Crippen LogP) is 0.863. The minimum Gasteiger partial charge on any atom is -0.385 e. The molecule has 2 rings (SSSR count). The van der Waals surface area contributed by atoms with Crippen LogP contribution in [-0.2, 0) is 4.79 Å². The van der Waals surface area contributed by atoms with Crippen LogP contribution in [0.15, 0.2) is 4.99 Å². The molecule has 1 aliphatic heterocycles. The van der Waals surface area contributed by atoms with Gasteiger partial charge in [-0.05, 0) is 39.5 Å². The molecule has 6 heteroatoms. The van der Waals surface area contributed by atoms with Crippen LogP contribution in [0.1, 0.15) is 40.0 Å². The molecule has 0 aromatic rings. The largest absolute Gasteiger partial charge is 0.385 e. The molecular weight excluding hydrogens is 244 g/mol. The average Bonchev–Trinajstić information content (AvgIpc) is 2.99. The van der Waals surface area contributed by atoms with Crippen LogP contribution in [0.3, 0.4) is 0 Å². The van der Waals surface area contributed by atoms with Crippen molar-refractivity contribution < 1.29 is 9.59 Å². The van der Waals surface area contributed by atoms with Gasteiger partial charge in [-0.3, -0.25) is 4.79 Å². The smallest absolute Gasteiger partial charge is 0.345 e. The second kappa shape index (κ2) is 4.83. The maximum Gasteiger partial charge on any atom is 0.345 e. The molecular formula is C13H22N4O2. The first-order chi connectivity index (χ1) is 8.76. The summed E-state index contributed by atoms with van der Waals surface area (Å²) in [6.45, 7) is 6.43. The topological polar surface area (TPSA) is 87.8 Å². The van der Waals surface area contributed by atoms with E-state index >= 15 is 0 Å². The molecule has 1 saturated carbocycles. The number of rotatable bonds is 4. The van der Waals surface area contributed by atoms with E-state index in [-0.39, 0.29) is 35.8 Å². The van der Waals surface area contributed by atoms with Gasteiger partial charge in [0.25, 0.3) is 0 Å². The van der Waals surface area contributed by atoms with E-state index in [9.17, 15) is 9.59 Å². The Morgan fingerprint density at radius 1 is 1.47 bits per heavy atom. The third-order valence-corrected chi connectivity index (χ3v) is 3.23. The number of carbonyl (C=O) groups is 2. The molecule has 0 bridgehead atoms. The number of nitrogens with zero attached hydrogens (tertiary/aromatic N) is 2. The molecule has 19 heavy (non-hydrogen) atoms. The Kier molecular flexibility index (Phi) is 3.52. The quantitative estimate of drug-likeness (QED) is 0.791. The van der Waals surface area contributed by atoms with Gasteiger partial charge in [0.15, 0.2) is 0 Å². The van der Waals surface area contributed by atoms with Crippen LogP contribution in [0.5, 0.6) is 0 Å². The van der Waals surface area contributed by atoms with E-state index in [0.29, 0.717) is 12.5 Å². The minimum atomic E-state index is -0.379. The molecule has 6 nitrogen and oxygen atoms in total. The zero-order valence-corrected chi connectivity index (χ0v) is 11.8. The monoisotopic (exact) mass is 266 g/mol. The number of hydrogen-bond acceptors (Lipinski definition) is 3. The van der Waals surface area contributed by atoms with Gasteiger partial charge in [0.1, 0.15) is 5.84 Å². The summed E-state index contributed by atoms with van der Waals surface area (Å²) in [6, 6.07) is -0.687. The maximum atomic E-state index is 12.0. The second-order valence-corrected chi connectivity index (χ2v) is 6.43. The molecule has 0 aromatic carbocycles. The summed E-state index contributed by atoms with van der Waals surface area (Å²) in [4.78, 5) is 29.1. The maximum absolute atomic E-state index is 12.0. The highest BCUT2D eigenvalue weighted by Crippen LogP contribution is 2.31. The molecule has 3 amide bonds. The average molecular weight is 266 g/mol. The van der Waals surface area contributed by atoms with E-state index in [1.165, 1.54) is 0 Å². The first-order valence-electron chi connectivity index (χ1n) is 6.72. The molecule has 0 radical (unpaired) electrons. The lowest BCUT2D eigenvalue weighted by Crippen LogP contribution is -2.48. The third kappa shape index (κ3) is 3.68. The van der Waals surface area contributed by atoms with Gasteiger partial charge in [-0.1, -0.05) is 0 Å². The predicted molar refractivity (Wildman–Crippen MR) is 72.7 cm³/mol. The van der Waals surface area contributed by atoms with E-state index in [1.54, 1.807) is 4.90 Å². The molecule has 1 fully saturated rings. The van der Waals surface area contributed by atoms with E-state index in [0.717, 1.165) is 12.8 Å². The fourth-order valence-corrected chi connectivity index (χ4v) is 2.19. The zero-order chi connectivity index (χ0) is 14.2. The lowest BCUT2D eigenvalue weighted by atomic mass is 10.1. The Labute approximate surface area is 113 Å². The van der Waals surface area contributed by atoms with Crippen LogP contribution in [0.25, 0.3) is 0 Å². The molecule has 0 saturated heterocycles. The Balaban J connectivity index is 1.97. The molecule has 2 aliphatic rings. The van der Waals surface area contributed by atoms with E-state index < -0.39 is 0 Å². The van der Waals surface area contributed by atoms with Gasteiger partial charge in [0.2, 0.25) is 5.91 Å². The van der Waals surface area contributed by atoms with Gasteiger partial charge < -0.3 is 16.0 Å². The number of nitrogens with two attached hydrogens (primary N) is 1. The minimum absolute atomic E-state index is 0.105. The van der Waals surface area contributed by atoms with Gasteiger partial charge in [-0.2, -0.15) is 4.99 Å². The van der Waals surface area contributed by atoms with Crippen molar-refractivity contribution in [2.75, 3.05) is 6.54 Å². The van der Waals surface area contributed by atoms with Crippen LogP contribution >= 0.6 is 0 Å². The fourth-order valence-electron chi connectivity index (χ4n) is 2.19. The van der Waals surface area contributed by atoms with Crippen LogP contribution in [0, 0.1) is 5.92 Å². The summed E-state index contributed by atoms with van der Waals surface area (Å²) in [6.07, 6.45) is 2.47. The number of urea groups is 1. The van der Waals surface area contributed by atoms with Crippen molar-refractivity contribution in [1.29, 1.82) is 0 Å². The van der Waals surface area contributed by atoms with E-state index in [1.807, 2.05) is 20.8 Å². The Hall–Kier alpha value is -1.59. The van der Waals surface area contributed by atoms with Crippen molar-refractivity contribution in [3.63, 3.8) is 0 Å². The highest BCUT2D eigenvalue weighted by atomic mass is 16.2. The Morgan fingerprint density at radius 3 is 2.63 bits per heavy atom. The number of amidine groups is 1. The number of hydrogen-bond donors (Lipinski definition) is 2. The zero-order valence-electron chi connectivity index (χ0n) is 11.8. The van der Waals surface area contributed by atoms with Gasteiger partial charge in [-0.25, -0.2) is 4.79 Å². The van der Waals surface area contributed by atoms with E-state index in [2.05, 4.69) is 10.3 Å². The van der Waals surface area contributed by atoms with Crippen molar-refractivity contribution in [3.8, 4) is 0 Å². The summed E-state index contributed by atoms with van der Waals surface area (Å²) in [5.41, 5.74) is 5.49. The molecule has 1 heterocycles. The Bertz CT molecular complexity index is 421. The molecule has 0 spiro atoms. The van der Waals surface area contributed by atoms with Crippen LogP contribution in [0.4, 0.5) is 4.79 Å². The van der Waals surface area contributed by atoms with Crippen LogP contribution in [-0.4, -0.2) is 40.8 Å². The molecule has 1 aliphatic carbocycles. The highest BCUT2D eigenvalue weighted by molar-refractivity contribution is 6.04. The first-order valence-corrected chi connectivity index (χ1v) is 6.72. The first kappa shape index (κ1) is 13.8. The van der Waals surface area contributed by atoms with Crippen molar-refractivity contribution in [2.45, 2.75) is 51.6 Å². The standard InChI is InChI=1S/C13H22N4O2/c1-13(2,3)16-10(18)6-9-11(14)15-12(19)17(9)7-8-4-5-8/h8-9H,4-7H2,1-3H3,(H,16,18)(H2,14,15,19). The van der Waals surface area contributed by atoms with Crippen molar-refractivity contribution in [1.82, 2.24) is 10.2 Å². The number of amides is 3. The molecule has 106 valence electrons. The summed E-state index contributed by atoms with van der Waals surface area (Å²) in [7, 11) is 0. The summed E-state index contributed by atoms with van der Waals surface area (Å²) in [5, 5.41) is 2.88. The van der Waals surface area contributed by atoms with Gasteiger partial charge in [0, 0.05) is 12.1 Å². The normalized spacial score (nSPS) is 23.5. The lowest BCUT2D eigenvalue weighted by molar-refractivity contribution is -0.123. The number of nitrogens with one attached hydrogen (secondary N) is 1. The molecule has 0 aromatic heterocycles. The highest BCUT2D eigenvalue weighted by Gasteiger charge is 2.38. The summed E-state index contributed by atoms with van der Waals surface area (Å²) >= 11 is 0. The van der Waals surface area contributed by atoms with Crippen LogP contribution < -0.4 is 11.1 Å². The fraction of sp³-hybridized carbons (Fsp3) is 0.769.